The van der Waals surface area contributed by atoms with Crippen molar-refractivity contribution < 1.29 is 14.3 Å². The zero-order valence-corrected chi connectivity index (χ0v) is 8.54. The normalized spacial score (nSPS) is 19.3. The summed E-state index contributed by atoms with van der Waals surface area (Å²) in [6, 6.07) is 0. The molecular formula is C11H18O3. The summed E-state index contributed by atoms with van der Waals surface area (Å²) in [5.41, 5.74) is 0. The molecule has 0 spiro atoms. The Morgan fingerprint density at radius 3 is 2.93 bits per heavy atom. The highest BCUT2D eigenvalue weighted by atomic mass is 16.6. The van der Waals surface area contributed by atoms with Crippen molar-refractivity contribution in [2.24, 2.45) is 0 Å². The van der Waals surface area contributed by atoms with Gasteiger partial charge in [0.2, 0.25) is 0 Å². The zero-order chi connectivity index (χ0) is 10.2. The third kappa shape index (κ3) is 5.89. The second kappa shape index (κ2) is 6.74. The Balaban J connectivity index is 1.74. The van der Waals surface area contributed by atoms with E-state index in [0.29, 0.717) is 12.5 Å². The second-order valence-corrected chi connectivity index (χ2v) is 3.51. The highest BCUT2D eigenvalue weighted by Crippen LogP contribution is 2.09. The van der Waals surface area contributed by atoms with Gasteiger partial charge in [-0.25, -0.2) is 0 Å². The summed E-state index contributed by atoms with van der Waals surface area (Å²) < 4.78 is 10.4. The van der Waals surface area contributed by atoms with Gasteiger partial charge in [0, 0.05) is 13.0 Å². The Labute approximate surface area is 85.1 Å². The van der Waals surface area contributed by atoms with Gasteiger partial charge in [-0.1, -0.05) is 13.0 Å². The van der Waals surface area contributed by atoms with Crippen LogP contribution in [-0.4, -0.2) is 31.7 Å². The summed E-state index contributed by atoms with van der Waals surface area (Å²) in [6.45, 7) is 5.79. The lowest BCUT2D eigenvalue weighted by Gasteiger charge is -2.01. The van der Waals surface area contributed by atoms with Gasteiger partial charge in [0.1, 0.15) is 6.10 Å². The van der Waals surface area contributed by atoms with Crippen molar-refractivity contribution >= 4 is 5.78 Å². The Morgan fingerprint density at radius 2 is 2.29 bits per heavy atom. The van der Waals surface area contributed by atoms with Gasteiger partial charge in [-0.2, -0.15) is 0 Å². The molecule has 1 rings (SSSR count). The molecule has 0 aromatic carbocycles. The molecule has 0 saturated carbocycles. The predicted octanol–water partition coefficient (Wildman–Crippen LogP) is 1.72. The largest absolute Gasteiger partial charge is 0.379 e. The van der Waals surface area contributed by atoms with E-state index in [0.717, 1.165) is 39.1 Å². The Hall–Kier alpha value is -0.670. The first kappa shape index (κ1) is 11.4. The SMILES string of the molecule is C=CC(=O)CCCCCOCC1CO1. The number of hydrogen-bond acceptors (Lipinski definition) is 3. The highest BCUT2D eigenvalue weighted by molar-refractivity contribution is 5.88. The summed E-state index contributed by atoms with van der Waals surface area (Å²) >= 11 is 0. The first-order valence-electron chi connectivity index (χ1n) is 5.17. The number of ketones is 1. The van der Waals surface area contributed by atoms with Gasteiger partial charge in [-0.15, -0.1) is 0 Å². The standard InChI is InChI=1S/C11H18O3/c1-2-10(12)6-4-3-5-7-13-8-11-9-14-11/h2,11H,1,3-9H2. The van der Waals surface area contributed by atoms with Crippen molar-refractivity contribution in [3.05, 3.63) is 12.7 Å². The van der Waals surface area contributed by atoms with Crippen LogP contribution in [0.5, 0.6) is 0 Å². The van der Waals surface area contributed by atoms with Gasteiger partial charge in [0.25, 0.3) is 0 Å². The average Bonchev–Trinajstić information content (AvgIpc) is 2.99. The van der Waals surface area contributed by atoms with E-state index in [1.54, 1.807) is 0 Å². The van der Waals surface area contributed by atoms with Crippen LogP contribution >= 0.6 is 0 Å². The molecule has 1 saturated heterocycles. The van der Waals surface area contributed by atoms with Gasteiger partial charge in [-0.3, -0.25) is 4.79 Å². The summed E-state index contributed by atoms with van der Waals surface area (Å²) in [6.07, 6.45) is 5.38. The fourth-order valence-corrected chi connectivity index (χ4v) is 1.16. The van der Waals surface area contributed by atoms with Crippen molar-refractivity contribution in [3.8, 4) is 0 Å². The van der Waals surface area contributed by atoms with Crippen molar-refractivity contribution in [2.75, 3.05) is 19.8 Å². The minimum absolute atomic E-state index is 0.136. The molecule has 0 aliphatic carbocycles. The second-order valence-electron chi connectivity index (χ2n) is 3.51. The molecule has 1 fully saturated rings. The lowest BCUT2D eigenvalue weighted by Crippen LogP contribution is -2.02. The highest BCUT2D eigenvalue weighted by Gasteiger charge is 2.21. The molecule has 0 aromatic heterocycles. The molecule has 0 N–H and O–H groups in total. The maximum Gasteiger partial charge on any atom is 0.155 e. The molecule has 1 aliphatic heterocycles. The molecule has 3 heteroatoms. The van der Waals surface area contributed by atoms with Gasteiger partial charge >= 0.3 is 0 Å². The van der Waals surface area contributed by atoms with Crippen LogP contribution in [0.1, 0.15) is 25.7 Å². The number of epoxide rings is 1. The van der Waals surface area contributed by atoms with Crippen molar-refractivity contribution in [3.63, 3.8) is 0 Å². The Bertz CT molecular complexity index is 185. The zero-order valence-electron chi connectivity index (χ0n) is 8.54. The molecule has 1 atom stereocenters. The fraction of sp³-hybridized carbons (Fsp3) is 0.727. The van der Waals surface area contributed by atoms with Crippen LogP contribution in [-0.2, 0) is 14.3 Å². The molecule has 0 bridgehead atoms. The number of rotatable bonds is 9. The van der Waals surface area contributed by atoms with Crippen molar-refractivity contribution in [2.45, 2.75) is 31.8 Å². The number of unbranched alkanes of at least 4 members (excludes halogenated alkanes) is 2. The molecule has 0 aromatic rings. The van der Waals surface area contributed by atoms with Gasteiger partial charge in [-0.05, 0) is 18.9 Å². The minimum atomic E-state index is 0.136. The van der Waals surface area contributed by atoms with E-state index >= 15 is 0 Å². The van der Waals surface area contributed by atoms with Crippen LogP contribution < -0.4 is 0 Å². The lowest BCUT2D eigenvalue weighted by atomic mass is 10.1. The maximum atomic E-state index is 10.8. The van der Waals surface area contributed by atoms with Crippen LogP contribution in [0.2, 0.25) is 0 Å². The monoisotopic (exact) mass is 198 g/mol. The fourth-order valence-electron chi connectivity index (χ4n) is 1.16. The maximum absolute atomic E-state index is 10.8. The summed E-state index contributed by atoms with van der Waals surface area (Å²) in [7, 11) is 0. The van der Waals surface area contributed by atoms with E-state index in [1.165, 1.54) is 6.08 Å². The third-order valence-corrected chi connectivity index (χ3v) is 2.15. The van der Waals surface area contributed by atoms with Crippen LogP contribution in [0, 0.1) is 0 Å². The number of allylic oxidation sites excluding steroid dienone is 1. The van der Waals surface area contributed by atoms with Crippen LogP contribution in [0.3, 0.4) is 0 Å². The number of hydrogen-bond donors (Lipinski definition) is 0. The van der Waals surface area contributed by atoms with E-state index in [1.807, 2.05) is 0 Å². The van der Waals surface area contributed by atoms with E-state index in [9.17, 15) is 4.79 Å². The molecule has 1 aliphatic rings. The number of carbonyl (C=O) groups excluding carboxylic acids is 1. The molecule has 0 amide bonds. The van der Waals surface area contributed by atoms with Crippen LogP contribution in [0.25, 0.3) is 0 Å². The molecule has 0 radical (unpaired) electrons. The van der Waals surface area contributed by atoms with E-state index in [4.69, 9.17) is 9.47 Å². The summed E-state index contributed by atoms with van der Waals surface area (Å²) in [5.74, 6) is 0.136. The van der Waals surface area contributed by atoms with Gasteiger partial charge < -0.3 is 9.47 Å². The number of ether oxygens (including phenoxy) is 2. The van der Waals surface area contributed by atoms with Crippen molar-refractivity contribution in [1.29, 1.82) is 0 Å². The first-order chi connectivity index (χ1) is 6.83. The van der Waals surface area contributed by atoms with E-state index < -0.39 is 0 Å². The minimum Gasteiger partial charge on any atom is -0.379 e. The van der Waals surface area contributed by atoms with Gasteiger partial charge in [0.05, 0.1) is 13.2 Å². The number of carbonyl (C=O) groups is 1. The molecular weight excluding hydrogens is 180 g/mol. The van der Waals surface area contributed by atoms with E-state index in [-0.39, 0.29) is 5.78 Å². The molecule has 14 heavy (non-hydrogen) atoms. The third-order valence-electron chi connectivity index (χ3n) is 2.15. The lowest BCUT2D eigenvalue weighted by molar-refractivity contribution is -0.114. The van der Waals surface area contributed by atoms with Gasteiger partial charge in [0.15, 0.2) is 5.78 Å². The van der Waals surface area contributed by atoms with Crippen LogP contribution in [0.15, 0.2) is 12.7 Å². The molecule has 1 heterocycles. The molecule has 80 valence electrons. The summed E-state index contributed by atoms with van der Waals surface area (Å²) in [5, 5.41) is 0. The van der Waals surface area contributed by atoms with E-state index in [2.05, 4.69) is 6.58 Å². The average molecular weight is 198 g/mol. The topological polar surface area (TPSA) is 38.8 Å². The molecule has 3 nitrogen and oxygen atoms in total. The van der Waals surface area contributed by atoms with Crippen molar-refractivity contribution in [1.82, 2.24) is 0 Å². The predicted molar refractivity (Wildman–Crippen MR) is 54.2 cm³/mol. The Kier molecular flexibility index (Phi) is 5.49. The molecule has 1 unspecified atom stereocenters. The quantitative estimate of drug-likeness (QED) is 0.321. The first-order valence-corrected chi connectivity index (χ1v) is 5.17. The van der Waals surface area contributed by atoms with Crippen LogP contribution in [0.4, 0.5) is 0 Å². The smallest absolute Gasteiger partial charge is 0.155 e. The Morgan fingerprint density at radius 1 is 1.50 bits per heavy atom. The summed E-state index contributed by atoms with van der Waals surface area (Å²) in [4.78, 5) is 10.8.